The first kappa shape index (κ1) is 14.3. The topological polar surface area (TPSA) is 38.7 Å². The van der Waals surface area contributed by atoms with Gasteiger partial charge in [0.25, 0.3) is 0 Å². The van der Waals surface area contributed by atoms with Gasteiger partial charge in [0.2, 0.25) is 0 Å². The fraction of sp³-hybridized carbons (Fsp3) is 0.250. The fourth-order valence-corrected chi connectivity index (χ4v) is 1.88. The molecule has 2 atom stereocenters. The fourth-order valence-electron chi connectivity index (χ4n) is 1.88. The molecule has 0 spiro atoms. The van der Waals surface area contributed by atoms with Gasteiger partial charge in [0.05, 0.1) is 7.11 Å². The minimum Gasteiger partial charge on any atom is -0.497 e. The van der Waals surface area contributed by atoms with Crippen LogP contribution in [0.3, 0.4) is 0 Å². The van der Waals surface area contributed by atoms with Crippen LogP contribution in [0.15, 0.2) is 48.5 Å². The van der Waals surface area contributed by atoms with E-state index >= 15 is 0 Å². The Kier molecular flexibility index (Phi) is 4.58. The van der Waals surface area contributed by atoms with Crippen LogP contribution in [0.2, 0.25) is 0 Å². The van der Waals surface area contributed by atoms with Gasteiger partial charge in [-0.3, -0.25) is 0 Å². The summed E-state index contributed by atoms with van der Waals surface area (Å²) in [6.07, 6.45) is -1.42. The van der Waals surface area contributed by atoms with Crippen molar-refractivity contribution in [3.05, 3.63) is 59.9 Å². The van der Waals surface area contributed by atoms with Crippen LogP contribution in [-0.2, 0) is 0 Å². The Bertz CT molecular complexity index is 554. The molecule has 0 aromatic heterocycles. The summed E-state index contributed by atoms with van der Waals surface area (Å²) < 4.78 is 24.0. The molecule has 0 radical (unpaired) electrons. The Hall–Kier alpha value is -2.07. The quantitative estimate of drug-likeness (QED) is 0.910. The van der Waals surface area contributed by atoms with E-state index in [9.17, 15) is 9.50 Å². The van der Waals surface area contributed by atoms with E-state index in [0.717, 1.165) is 0 Å². The second-order valence-electron chi connectivity index (χ2n) is 4.47. The summed E-state index contributed by atoms with van der Waals surface area (Å²) in [5.41, 5.74) is 0.689. The van der Waals surface area contributed by atoms with Crippen LogP contribution in [0.4, 0.5) is 4.39 Å². The van der Waals surface area contributed by atoms with Crippen molar-refractivity contribution in [2.75, 3.05) is 7.11 Å². The third-order valence-corrected chi connectivity index (χ3v) is 3.05. The first-order valence-corrected chi connectivity index (χ1v) is 6.35. The van der Waals surface area contributed by atoms with E-state index in [1.165, 1.54) is 12.1 Å². The summed E-state index contributed by atoms with van der Waals surface area (Å²) in [4.78, 5) is 0. The van der Waals surface area contributed by atoms with E-state index < -0.39 is 18.0 Å². The van der Waals surface area contributed by atoms with Crippen LogP contribution >= 0.6 is 0 Å². The van der Waals surface area contributed by atoms with Gasteiger partial charge in [0, 0.05) is 0 Å². The zero-order chi connectivity index (χ0) is 14.5. The average Bonchev–Trinajstić information content (AvgIpc) is 2.49. The van der Waals surface area contributed by atoms with Gasteiger partial charge >= 0.3 is 0 Å². The maximum atomic E-state index is 13.5. The molecule has 0 saturated carbocycles. The van der Waals surface area contributed by atoms with E-state index in [-0.39, 0.29) is 5.75 Å². The molecule has 0 aliphatic rings. The molecule has 2 unspecified atom stereocenters. The number of rotatable bonds is 5. The number of benzene rings is 2. The van der Waals surface area contributed by atoms with Crippen LogP contribution in [0, 0.1) is 5.82 Å². The predicted octanol–water partition coefficient (Wildman–Crippen LogP) is 3.34. The van der Waals surface area contributed by atoms with Gasteiger partial charge in [-0.05, 0) is 36.8 Å². The number of halogens is 1. The molecule has 0 saturated heterocycles. The summed E-state index contributed by atoms with van der Waals surface area (Å²) in [6.45, 7) is 1.70. The van der Waals surface area contributed by atoms with Crippen molar-refractivity contribution in [3.63, 3.8) is 0 Å². The van der Waals surface area contributed by atoms with E-state index in [1.807, 2.05) is 0 Å². The van der Waals surface area contributed by atoms with Gasteiger partial charge in [0.15, 0.2) is 11.6 Å². The lowest BCUT2D eigenvalue weighted by Gasteiger charge is -2.21. The number of aliphatic hydroxyl groups excluding tert-OH is 1. The van der Waals surface area contributed by atoms with Gasteiger partial charge in [-0.25, -0.2) is 4.39 Å². The highest BCUT2D eigenvalue weighted by atomic mass is 19.1. The summed E-state index contributed by atoms with van der Waals surface area (Å²) in [6, 6.07) is 13.2. The SMILES string of the molecule is COc1ccc(C(O)C(C)Oc2ccccc2F)cc1. The Morgan fingerprint density at radius 3 is 2.30 bits per heavy atom. The molecule has 0 bridgehead atoms. The number of methoxy groups -OCH3 is 1. The predicted molar refractivity (Wildman–Crippen MR) is 74.4 cm³/mol. The van der Waals surface area contributed by atoms with Crippen LogP contribution < -0.4 is 9.47 Å². The third kappa shape index (κ3) is 3.27. The van der Waals surface area contributed by atoms with Gasteiger partial charge in [-0.2, -0.15) is 0 Å². The molecular weight excluding hydrogens is 259 g/mol. The number of para-hydroxylation sites is 1. The number of aliphatic hydroxyl groups is 1. The highest BCUT2D eigenvalue weighted by Crippen LogP contribution is 2.25. The normalized spacial score (nSPS) is 13.6. The molecule has 3 nitrogen and oxygen atoms in total. The lowest BCUT2D eigenvalue weighted by atomic mass is 10.1. The molecule has 2 aromatic rings. The Morgan fingerprint density at radius 2 is 1.70 bits per heavy atom. The third-order valence-electron chi connectivity index (χ3n) is 3.05. The summed E-state index contributed by atoms with van der Waals surface area (Å²) in [7, 11) is 1.58. The van der Waals surface area contributed by atoms with Crippen molar-refractivity contribution in [3.8, 4) is 11.5 Å². The Morgan fingerprint density at radius 1 is 1.05 bits per heavy atom. The van der Waals surface area contributed by atoms with Crippen molar-refractivity contribution < 1.29 is 19.0 Å². The molecular formula is C16H17FO3. The van der Waals surface area contributed by atoms with Gasteiger partial charge in [-0.1, -0.05) is 24.3 Å². The molecule has 0 aliphatic heterocycles. The van der Waals surface area contributed by atoms with Gasteiger partial charge in [-0.15, -0.1) is 0 Å². The molecule has 0 amide bonds. The summed E-state index contributed by atoms with van der Waals surface area (Å²) >= 11 is 0. The number of ether oxygens (including phenoxy) is 2. The van der Waals surface area contributed by atoms with Crippen molar-refractivity contribution >= 4 is 0 Å². The minimum atomic E-state index is -0.847. The monoisotopic (exact) mass is 276 g/mol. The first-order chi connectivity index (χ1) is 9.61. The summed E-state index contributed by atoms with van der Waals surface area (Å²) in [5.74, 6) is 0.400. The standard InChI is InChI=1S/C16H17FO3/c1-11(20-15-6-4-3-5-14(15)17)16(18)12-7-9-13(19-2)10-8-12/h3-11,16,18H,1-2H3. The second-order valence-corrected chi connectivity index (χ2v) is 4.47. The molecule has 1 N–H and O–H groups in total. The smallest absolute Gasteiger partial charge is 0.165 e. The zero-order valence-corrected chi connectivity index (χ0v) is 11.4. The Labute approximate surface area is 117 Å². The molecule has 2 aromatic carbocycles. The van der Waals surface area contributed by atoms with Crippen LogP contribution in [0.5, 0.6) is 11.5 Å². The largest absolute Gasteiger partial charge is 0.497 e. The summed E-state index contributed by atoms with van der Waals surface area (Å²) in [5, 5.41) is 10.2. The van der Waals surface area contributed by atoms with E-state index in [1.54, 1.807) is 50.4 Å². The van der Waals surface area contributed by atoms with Gasteiger partial charge < -0.3 is 14.6 Å². The molecule has 4 heteroatoms. The Balaban J connectivity index is 2.08. The maximum Gasteiger partial charge on any atom is 0.165 e. The van der Waals surface area contributed by atoms with Crippen molar-refractivity contribution in [1.29, 1.82) is 0 Å². The average molecular weight is 276 g/mol. The molecule has 0 aliphatic carbocycles. The lowest BCUT2D eigenvalue weighted by Crippen LogP contribution is -2.22. The molecule has 106 valence electrons. The maximum absolute atomic E-state index is 13.5. The number of hydrogen-bond acceptors (Lipinski definition) is 3. The van der Waals surface area contributed by atoms with E-state index in [4.69, 9.17) is 9.47 Å². The highest BCUT2D eigenvalue weighted by Gasteiger charge is 2.19. The van der Waals surface area contributed by atoms with Crippen molar-refractivity contribution in [2.45, 2.75) is 19.1 Å². The molecule has 2 rings (SSSR count). The second kappa shape index (κ2) is 6.39. The molecule has 0 fully saturated rings. The lowest BCUT2D eigenvalue weighted by molar-refractivity contribution is 0.0444. The number of hydrogen-bond donors (Lipinski definition) is 1. The molecule has 20 heavy (non-hydrogen) atoms. The minimum absolute atomic E-state index is 0.132. The van der Waals surface area contributed by atoms with Crippen LogP contribution in [-0.4, -0.2) is 18.3 Å². The van der Waals surface area contributed by atoms with Crippen LogP contribution in [0.25, 0.3) is 0 Å². The van der Waals surface area contributed by atoms with E-state index in [2.05, 4.69) is 0 Å². The zero-order valence-electron chi connectivity index (χ0n) is 11.4. The van der Waals surface area contributed by atoms with E-state index in [0.29, 0.717) is 11.3 Å². The van der Waals surface area contributed by atoms with Crippen LogP contribution in [0.1, 0.15) is 18.6 Å². The van der Waals surface area contributed by atoms with Gasteiger partial charge in [0.1, 0.15) is 18.0 Å². The first-order valence-electron chi connectivity index (χ1n) is 6.35. The molecule has 0 heterocycles. The highest BCUT2D eigenvalue weighted by molar-refractivity contribution is 5.29. The van der Waals surface area contributed by atoms with Crippen molar-refractivity contribution in [1.82, 2.24) is 0 Å². The van der Waals surface area contributed by atoms with Crippen molar-refractivity contribution in [2.24, 2.45) is 0 Å².